The molecule has 2 nitrogen and oxygen atoms in total. The molecule has 0 saturated heterocycles. The van der Waals surface area contributed by atoms with Crippen LogP contribution in [0.15, 0.2) is 12.1 Å². The van der Waals surface area contributed by atoms with Crippen molar-refractivity contribution in [3.05, 3.63) is 34.6 Å². The van der Waals surface area contributed by atoms with E-state index in [1.165, 1.54) is 19.3 Å². The minimum absolute atomic E-state index is 0.0293. The zero-order valence-electron chi connectivity index (χ0n) is 11.0. The van der Waals surface area contributed by atoms with Crippen molar-refractivity contribution < 1.29 is 4.39 Å². The van der Waals surface area contributed by atoms with E-state index in [2.05, 4.69) is 5.43 Å². The average molecular weight is 248 g/mol. The predicted octanol–water partition coefficient (Wildman–Crippen LogP) is 2.99. The molecule has 98 valence electrons. The third-order valence-electron chi connectivity index (χ3n) is 4.72. The van der Waals surface area contributed by atoms with Crippen molar-refractivity contribution in [3.63, 3.8) is 0 Å². The lowest BCUT2D eigenvalue weighted by atomic mass is 9.86. The van der Waals surface area contributed by atoms with Crippen LogP contribution < -0.4 is 11.3 Å². The Bertz CT molecular complexity index is 439. The van der Waals surface area contributed by atoms with E-state index in [0.29, 0.717) is 5.92 Å². The summed E-state index contributed by atoms with van der Waals surface area (Å²) in [6.07, 6.45) is 3.78. The van der Waals surface area contributed by atoms with Crippen molar-refractivity contribution >= 4 is 0 Å². The first-order valence-electron chi connectivity index (χ1n) is 6.83. The smallest absolute Gasteiger partial charge is 0.128 e. The van der Waals surface area contributed by atoms with Gasteiger partial charge in [-0.1, -0.05) is 6.07 Å². The molecule has 0 amide bonds. The molecule has 2 saturated carbocycles. The van der Waals surface area contributed by atoms with Gasteiger partial charge in [-0.25, -0.2) is 4.39 Å². The molecular formula is C15H21FN2. The lowest BCUT2D eigenvalue weighted by Crippen LogP contribution is -2.34. The minimum atomic E-state index is -0.115. The molecule has 0 spiro atoms. The molecule has 0 heterocycles. The van der Waals surface area contributed by atoms with Crippen LogP contribution in [0.5, 0.6) is 0 Å². The second kappa shape index (κ2) is 4.32. The zero-order chi connectivity index (χ0) is 12.9. The van der Waals surface area contributed by atoms with Crippen LogP contribution in [0, 0.1) is 37.4 Å². The normalized spacial score (nSPS) is 31.2. The van der Waals surface area contributed by atoms with Gasteiger partial charge in [-0.15, -0.1) is 0 Å². The van der Waals surface area contributed by atoms with Crippen molar-refractivity contribution in [3.8, 4) is 0 Å². The van der Waals surface area contributed by atoms with Crippen LogP contribution in [0.4, 0.5) is 4.39 Å². The molecule has 0 aliphatic heterocycles. The number of benzene rings is 1. The SMILES string of the molecule is Cc1cc(C)c(C(NN)C2CC3CC3C2)c(F)c1. The number of hydrogen-bond acceptors (Lipinski definition) is 2. The summed E-state index contributed by atoms with van der Waals surface area (Å²) in [5, 5.41) is 0. The summed E-state index contributed by atoms with van der Waals surface area (Å²) in [5.74, 6) is 7.86. The van der Waals surface area contributed by atoms with E-state index in [1.54, 1.807) is 6.07 Å². The van der Waals surface area contributed by atoms with Gasteiger partial charge in [0.05, 0.1) is 6.04 Å². The topological polar surface area (TPSA) is 38.0 Å². The maximum Gasteiger partial charge on any atom is 0.128 e. The van der Waals surface area contributed by atoms with Crippen LogP contribution in [0.2, 0.25) is 0 Å². The second-order valence-corrected chi connectivity index (χ2v) is 6.11. The number of nitrogens with one attached hydrogen (secondary N) is 1. The molecular weight excluding hydrogens is 227 g/mol. The third-order valence-corrected chi connectivity index (χ3v) is 4.72. The maximum absolute atomic E-state index is 14.2. The summed E-state index contributed by atoms with van der Waals surface area (Å²) in [5.41, 5.74) is 5.62. The Morgan fingerprint density at radius 3 is 2.44 bits per heavy atom. The summed E-state index contributed by atoms with van der Waals surface area (Å²) < 4.78 is 14.2. The van der Waals surface area contributed by atoms with E-state index in [-0.39, 0.29) is 11.9 Å². The van der Waals surface area contributed by atoms with Gasteiger partial charge in [-0.05, 0) is 68.1 Å². The minimum Gasteiger partial charge on any atom is -0.271 e. The highest BCUT2D eigenvalue weighted by molar-refractivity contribution is 5.35. The van der Waals surface area contributed by atoms with Crippen LogP contribution in [0.1, 0.15) is 42.0 Å². The molecule has 3 atom stereocenters. The summed E-state index contributed by atoms with van der Waals surface area (Å²) in [6, 6.07) is 3.62. The Hall–Kier alpha value is -0.930. The van der Waals surface area contributed by atoms with Gasteiger partial charge in [0.1, 0.15) is 5.82 Å². The first kappa shape index (κ1) is 12.1. The van der Waals surface area contributed by atoms with Crippen LogP contribution >= 0.6 is 0 Å². The largest absolute Gasteiger partial charge is 0.271 e. The van der Waals surface area contributed by atoms with Crippen LogP contribution in [0.25, 0.3) is 0 Å². The summed E-state index contributed by atoms with van der Waals surface area (Å²) in [4.78, 5) is 0. The summed E-state index contributed by atoms with van der Waals surface area (Å²) in [7, 11) is 0. The van der Waals surface area contributed by atoms with Gasteiger partial charge in [0.25, 0.3) is 0 Å². The fourth-order valence-electron chi connectivity index (χ4n) is 3.81. The monoisotopic (exact) mass is 248 g/mol. The standard InChI is InChI=1S/C15H21FN2/c1-8-3-9(2)14(13(16)4-8)15(18-17)12-6-10-5-11(10)7-12/h3-4,10-12,15,18H,5-7,17H2,1-2H3. The number of hydrazine groups is 1. The summed E-state index contributed by atoms with van der Waals surface area (Å²) in [6.45, 7) is 3.90. The Morgan fingerprint density at radius 2 is 1.89 bits per heavy atom. The van der Waals surface area contributed by atoms with Gasteiger partial charge in [0, 0.05) is 5.56 Å². The highest BCUT2D eigenvalue weighted by Gasteiger charge is 2.48. The van der Waals surface area contributed by atoms with Crippen LogP contribution in [-0.2, 0) is 0 Å². The van der Waals surface area contributed by atoms with Crippen molar-refractivity contribution in [2.45, 2.75) is 39.2 Å². The van der Waals surface area contributed by atoms with E-state index in [9.17, 15) is 4.39 Å². The van der Waals surface area contributed by atoms with Crippen molar-refractivity contribution in [1.82, 2.24) is 5.43 Å². The molecule has 1 aromatic carbocycles. The van der Waals surface area contributed by atoms with Gasteiger partial charge in [-0.2, -0.15) is 0 Å². The van der Waals surface area contributed by atoms with Gasteiger partial charge >= 0.3 is 0 Å². The average Bonchev–Trinajstić information content (AvgIpc) is 2.90. The quantitative estimate of drug-likeness (QED) is 0.637. The first-order valence-corrected chi connectivity index (χ1v) is 6.83. The fourth-order valence-corrected chi connectivity index (χ4v) is 3.81. The molecule has 2 aliphatic carbocycles. The van der Waals surface area contributed by atoms with E-state index in [0.717, 1.165) is 28.5 Å². The van der Waals surface area contributed by atoms with E-state index in [4.69, 9.17) is 5.84 Å². The Morgan fingerprint density at radius 1 is 1.22 bits per heavy atom. The molecule has 3 N–H and O–H groups in total. The van der Waals surface area contributed by atoms with Gasteiger partial charge in [-0.3, -0.25) is 11.3 Å². The second-order valence-electron chi connectivity index (χ2n) is 6.11. The highest BCUT2D eigenvalue weighted by atomic mass is 19.1. The fraction of sp³-hybridized carbons (Fsp3) is 0.600. The Labute approximate surface area is 108 Å². The van der Waals surface area contributed by atoms with Gasteiger partial charge in [0.2, 0.25) is 0 Å². The molecule has 3 rings (SSSR count). The molecule has 1 aromatic rings. The maximum atomic E-state index is 14.2. The predicted molar refractivity (Wildman–Crippen MR) is 70.3 cm³/mol. The van der Waals surface area contributed by atoms with E-state index < -0.39 is 0 Å². The van der Waals surface area contributed by atoms with Crippen molar-refractivity contribution in [2.24, 2.45) is 23.6 Å². The molecule has 3 heteroatoms. The van der Waals surface area contributed by atoms with E-state index >= 15 is 0 Å². The Kier molecular flexibility index (Phi) is 2.91. The first-order chi connectivity index (χ1) is 8.60. The molecule has 2 fully saturated rings. The van der Waals surface area contributed by atoms with Crippen molar-refractivity contribution in [1.29, 1.82) is 0 Å². The molecule has 0 aromatic heterocycles. The van der Waals surface area contributed by atoms with Crippen molar-refractivity contribution in [2.75, 3.05) is 0 Å². The van der Waals surface area contributed by atoms with E-state index in [1.807, 2.05) is 19.9 Å². The number of halogens is 1. The number of fused-ring (bicyclic) bond motifs is 1. The molecule has 3 unspecified atom stereocenters. The van der Waals surface area contributed by atoms with Crippen LogP contribution in [0.3, 0.4) is 0 Å². The number of rotatable bonds is 3. The van der Waals surface area contributed by atoms with Gasteiger partial charge in [0.15, 0.2) is 0 Å². The highest BCUT2D eigenvalue weighted by Crippen LogP contribution is 2.57. The molecule has 0 radical (unpaired) electrons. The molecule has 18 heavy (non-hydrogen) atoms. The lowest BCUT2D eigenvalue weighted by molar-refractivity contribution is 0.335. The number of aryl methyl sites for hydroxylation is 2. The van der Waals surface area contributed by atoms with Crippen LogP contribution in [-0.4, -0.2) is 0 Å². The lowest BCUT2D eigenvalue weighted by Gasteiger charge is -2.26. The third kappa shape index (κ3) is 1.95. The Balaban J connectivity index is 1.91. The zero-order valence-corrected chi connectivity index (χ0v) is 11.0. The summed E-state index contributed by atoms with van der Waals surface area (Å²) >= 11 is 0. The molecule has 0 bridgehead atoms. The van der Waals surface area contributed by atoms with Gasteiger partial charge < -0.3 is 0 Å². The number of hydrogen-bond donors (Lipinski definition) is 2. The number of nitrogens with two attached hydrogens (primary N) is 1. The molecule has 2 aliphatic rings.